The monoisotopic (exact) mass is 397 g/mol. The van der Waals surface area contributed by atoms with Crippen molar-refractivity contribution in [1.29, 1.82) is 0 Å². The average molecular weight is 398 g/mol. The zero-order chi connectivity index (χ0) is 19.4. The first-order valence-corrected chi connectivity index (χ1v) is 8.22. The van der Waals surface area contributed by atoms with Crippen LogP contribution in [0.5, 0.6) is 5.75 Å². The molecular formula is C18H14ClF2NO5. The van der Waals surface area contributed by atoms with Gasteiger partial charge in [0.05, 0.1) is 12.2 Å². The van der Waals surface area contributed by atoms with Crippen LogP contribution in [0.25, 0.3) is 0 Å². The normalized spacial score (nSPS) is 12.7. The van der Waals surface area contributed by atoms with Crippen LogP contribution in [0, 0.1) is 11.6 Å². The highest BCUT2D eigenvalue weighted by Crippen LogP contribution is 2.32. The van der Waals surface area contributed by atoms with E-state index in [1.807, 2.05) is 0 Å². The lowest BCUT2D eigenvalue weighted by molar-refractivity contribution is -0.143. The zero-order valence-corrected chi connectivity index (χ0v) is 14.6. The number of hydrogen-bond acceptors (Lipinski definition) is 5. The van der Waals surface area contributed by atoms with E-state index in [4.69, 9.17) is 25.8 Å². The number of benzene rings is 2. The first-order chi connectivity index (χ1) is 12.9. The molecule has 0 saturated heterocycles. The van der Waals surface area contributed by atoms with Crippen LogP contribution in [-0.2, 0) is 27.5 Å². The Kier molecular flexibility index (Phi) is 5.88. The molecule has 0 atom stereocenters. The van der Waals surface area contributed by atoms with Crippen molar-refractivity contribution in [3.05, 3.63) is 63.7 Å². The van der Waals surface area contributed by atoms with Crippen molar-refractivity contribution >= 4 is 23.5 Å². The zero-order valence-electron chi connectivity index (χ0n) is 13.9. The smallest absolute Gasteiger partial charge is 0.325 e. The maximum absolute atomic E-state index is 13.5. The van der Waals surface area contributed by atoms with E-state index in [0.717, 1.165) is 17.7 Å². The molecule has 6 nitrogen and oxygen atoms in total. The fourth-order valence-corrected chi connectivity index (χ4v) is 2.76. The molecule has 0 aliphatic carbocycles. The minimum atomic E-state index is -1.02. The van der Waals surface area contributed by atoms with E-state index in [2.05, 4.69) is 5.32 Å². The van der Waals surface area contributed by atoms with Crippen LogP contribution in [0.15, 0.2) is 30.3 Å². The summed E-state index contributed by atoms with van der Waals surface area (Å²) in [7, 11) is 0. The van der Waals surface area contributed by atoms with Gasteiger partial charge in [-0.25, -0.2) is 8.78 Å². The Labute approximate surface area is 158 Å². The van der Waals surface area contributed by atoms with Crippen LogP contribution in [0.3, 0.4) is 0 Å². The van der Waals surface area contributed by atoms with Crippen molar-refractivity contribution in [2.45, 2.75) is 13.2 Å². The van der Waals surface area contributed by atoms with Gasteiger partial charge in [0.2, 0.25) is 0 Å². The summed E-state index contributed by atoms with van der Waals surface area (Å²) in [5.74, 6) is -2.89. The third-order valence-electron chi connectivity index (χ3n) is 3.71. The molecule has 0 bridgehead atoms. The summed E-state index contributed by atoms with van der Waals surface area (Å²) in [6.45, 7) is -0.199. The average Bonchev–Trinajstić information content (AvgIpc) is 2.64. The molecule has 1 aliphatic rings. The molecule has 0 radical (unpaired) electrons. The highest BCUT2D eigenvalue weighted by Gasteiger charge is 2.18. The molecule has 0 spiro atoms. The Bertz CT molecular complexity index is 890. The van der Waals surface area contributed by atoms with Crippen molar-refractivity contribution < 1.29 is 32.6 Å². The van der Waals surface area contributed by atoms with Crippen molar-refractivity contribution in [2.75, 3.05) is 13.3 Å². The van der Waals surface area contributed by atoms with Crippen LogP contribution >= 0.6 is 11.6 Å². The number of fused-ring (bicyclic) bond motifs is 1. The fraction of sp³-hybridized carbons (Fsp3) is 0.222. The summed E-state index contributed by atoms with van der Waals surface area (Å²) in [6, 6.07) is 5.81. The standard InChI is InChI=1S/C18H14ClF2NO5/c19-12-3-10-7-25-9-27-17(10)11(4-12)8-26-16(23)6-22-18(24)14-2-1-13(20)5-15(14)21/h1-5H,6-9H2,(H,22,24). The Morgan fingerprint density at radius 3 is 2.81 bits per heavy atom. The largest absolute Gasteiger partial charge is 0.467 e. The van der Waals surface area contributed by atoms with E-state index < -0.39 is 30.1 Å². The molecule has 1 amide bonds. The molecular weight excluding hydrogens is 384 g/mol. The van der Waals surface area contributed by atoms with Gasteiger partial charge in [0.1, 0.15) is 30.5 Å². The minimum Gasteiger partial charge on any atom is -0.467 e. The molecule has 2 aromatic rings. The van der Waals surface area contributed by atoms with Gasteiger partial charge in [-0.05, 0) is 24.3 Å². The van der Waals surface area contributed by atoms with Gasteiger partial charge in [-0.3, -0.25) is 9.59 Å². The molecule has 0 unspecified atom stereocenters. The maximum Gasteiger partial charge on any atom is 0.325 e. The second-order valence-electron chi connectivity index (χ2n) is 5.63. The third kappa shape index (κ3) is 4.72. The van der Waals surface area contributed by atoms with Crippen LogP contribution in [0.4, 0.5) is 8.78 Å². The van der Waals surface area contributed by atoms with Gasteiger partial charge < -0.3 is 19.5 Å². The predicted octanol–water partition coefficient (Wildman–Crippen LogP) is 2.96. The molecule has 142 valence electrons. The van der Waals surface area contributed by atoms with E-state index in [0.29, 0.717) is 29.0 Å². The molecule has 1 heterocycles. The quantitative estimate of drug-likeness (QED) is 0.785. The molecule has 1 N–H and O–H groups in total. The van der Waals surface area contributed by atoms with E-state index >= 15 is 0 Å². The summed E-state index contributed by atoms with van der Waals surface area (Å²) in [6.07, 6.45) is 0. The first kappa shape index (κ1) is 19.1. The van der Waals surface area contributed by atoms with Gasteiger partial charge in [0.25, 0.3) is 5.91 Å². The van der Waals surface area contributed by atoms with Crippen molar-refractivity contribution in [2.24, 2.45) is 0 Å². The van der Waals surface area contributed by atoms with Crippen LogP contribution < -0.4 is 10.1 Å². The lowest BCUT2D eigenvalue weighted by atomic mass is 10.1. The molecule has 27 heavy (non-hydrogen) atoms. The van der Waals surface area contributed by atoms with E-state index in [1.54, 1.807) is 12.1 Å². The number of hydrogen-bond donors (Lipinski definition) is 1. The van der Waals surface area contributed by atoms with Gasteiger partial charge >= 0.3 is 5.97 Å². The molecule has 9 heteroatoms. The third-order valence-corrected chi connectivity index (χ3v) is 3.93. The Morgan fingerprint density at radius 2 is 2.04 bits per heavy atom. The number of amides is 1. The lowest BCUT2D eigenvalue weighted by Gasteiger charge is -2.21. The van der Waals surface area contributed by atoms with Crippen LogP contribution in [0.2, 0.25) is 5.02 Å². The van der Waals surface area contributed by atoms with Gasteiger partial charge in [0, 0.05) is 22.2 Å². The fourth-order valence-electron chi connectivity index (χ4n) is 2.49. The number of esters is 1. The highest BCUT2D eigenvalue weighted by atomic mass is 35.5. The molecule has 1 aliphatic heterocycles. The number of nitrogens with one attached hydrogen (secondary N) is 1. The summed E-state index contributed by atoms with van der Waals surface area (Å²) < 4.78 is 42.1. The Balaban J connectivity index is 1.56. The topological polar surface area (TPSA) is 73.9 Å². The van der Waals surface area contributed by atoms with Gasteiger partial charge in [-0.1, -0.05) is 11.6 Å². The van der Waals surface area contributed by atoms with Crippen molar-refractivity contribution in [1.82, 2.24) is 5.32 Å². The molecule has 0 aromatic heterocycles. The summed E-state index contributed by atoms with van der Waals surface area (Å²) in [5.41, 5.74) is 0.923. The minimum absolute atomic E-state index is 0.0782. The van der Waals surface area contributed by atoms with Crippen molar-refractivity contribution in [3.8, 4) is 5.75 Å². The number of carbonyl (C=O) groups excluding carboxylic acids is 2. The highest BCUT2D eigenvalue weighted by molar-refractivity contribution is 6.30. The SMILES string of the molecule is O=C(CNC(=O)c1ccc(F)cc1F)OCc1cc(Cl)cc2c1OCOC2. The predicted molar refractivity (Wildman–Crippen MR) is 90.2 cm³/mol. The van der Waals surface area contributed by atoms with Gasteiger partial charge in [-0.15, -0.1) is 0 Å². The number of rotatable bonds is 5. The second kappa shape index (κ2) is 8.32. The molecule has 3 rings (SSSR count). The first-order valence-electron chi connectivity index (χ1n) is 7.85. The molecule has 2 aromatic carbocycles. The van der Waals surface area contributed by atoms with E-state index in [9.17, 15) is 18.4 Å². The van der Waals surface area contributed by atoms with Crippen molar-refractivity contribution in [3.63, 3.8) is 0 Å². The Morgan fingerprint density at radius 1 is 1.22 bits per heavy atom. The second-order valence-corrected chi connectivity index (χ2v) is 6.07. The Hall–Kier alpha value is -2.71. The lowest BCUT2D eigenvalue weighted by Crippen LogP contribution is -2.31. The number of halogens is 3. The van der Waals surface area contributed by atoms with Gasteiger partial charge in [-0.2, -0.15) is 0 Å². The molecule has 0 saturated carbocycles. The van der Waals surface area contributed by atoms with Gasteiger partial charge in [0.15, 0.2) is 6.79 Å². The summed E-state index contributed by atoms with van der Waals surface area (Å²) in [5, 5.41) is 2.65. The molecule has 0 fully saturated rings. The van der Waals surface area contributed by atoms with E-state index in [1.165, 1.54) is 0 Å². The van der Waals surface area contributed by atoms with E-state index in [-0.39, 0.29) is 19.0 Å². The van der Waals surface area contributed by atoms with Crippen LogP contribution in [-0.4, -0.2) is 25.2 Å². The number of ether oxygens (including phenoxy) is 3. The van der Waals surface area contributed by atoms with Crippen LogP contribution in [0.1, 0.15) is 21.5 Å². The maximum atomic E-state index is 13.5. The number of carbonyl (C=O) groups is 2. The summed E-state index contributed by atoms with van der Waals surface area (Å²) >= 11 is 6.02. The summed E-state index contributed by atoms with van der Waals surface area (Å²) in [4.78, 5) is 23.7.